The fourth-order valence-electron chi connectivity index (χ4n) is 1.81. The van der Waals surface area contributed by atoms with E-state index in [-0.39, 0.29) is 5.56 Å². The summed E-state index contributed by atoms with van der Waals surface area (Å²) in [6.45, 7) is 1.82. The second kappa shape index (κ2) is 4.65. The number of hydrogen-bond donors (Lipinski definition) is 0. The zero-order valence-corrected chi connectivity index (χ0v) is 10.3. The van der Waals surface area contributed by atoms with Gasteiger partial charge in [-0.1, -0.05) is 41.4 Å². The lowest BCUT2D eigenvalue weighted by atomic mass is 9.98. The lowest BCUT2D eigenvalue weighted by Gasteiger charge is -2.14. The van der Waals surface area contributed by atoms with E-state index in [9.17, 15) is 13.2 Å². The van der Waals surface area contributed by atoms with Crippen molar-refractivity contribution in [1.82, 2.24) is 0 Å². The van der Waals surface area contributed by atoms with Crippen molar-refractivity contribution in [2.24, 2.45) is 0 Å². The molecule has 0 bridgehead atoms. The summed E-state index contributed by atoms with van der Waals surface area (Å²) in [6, 6.07) is 10.5. The van der Waals surface area contributed by atoms with E-state index in [4.69, 9.17) is 11.6 Å². The highest BCUT2D eigenvalue weighted by Gasteiger charge is 2.33. The summed E-state index contributed by atoms with van der Waals surface area (Å²) < 4.78 is 38.8. The van der Waals surface area contributed by atoms with E-state index in [2.05, 4.69) is 0 Å². The molecule has 0 amide bonds. The van der Waals surface area contributed by atoms with Gasteiger partial charge in [-0.05, 0) is 30.7 Å². The van der Waals surface area contributed by atoms with Crippen LogP contribution < -0.4 is 0 Å². The van der Waals surface area contributed by atoms with Crippen LogP contribution in [0.15, 0.2) is 42.5 Å². The van der Waals surface area contributed by atoms with E-state index in [0.717, 1.165) is 11.6 Å². The SMILES string of the molecule is Cc1ccc(Cl)c(-c2ccccc2C(F)(F)F)c1. The first-order valence-electron chi connectivity index (χ1n) is 5.32. The molecule has 18 heavy (non-hydrogen) atoms. The molecule has 0 heterocycles. The Bertz CT molecular complexity index is 573. The van der Waals surface area contributed by atoms with Gasteiger partial charge in [0.2, 0.25) is 0 Å². The summed E-state index contributed by atoms with van der Waals surface area (Å²) in [5.41, 5.74) is 0.715. The topological polar surface area (TPSA) is 0 Å². The van der Waals surface area contributed by atoms with Crippen LogP contribution in [0.2, 0.25) is 5.02 Å². The molecule has 0 atom stereocenters. The molecule has 0 aliphatic heterocycles. The Labute approximate surface area is 108 Å². The van der Waals surface area contributed by atoms with Crippen LogP contribution in [0, 0.1) is 6.92 Å². The van der Waals surface area contributed by atoms with Crippen LogP contribution in [-0.4, -0.2) is 0 Å². The molecule has 0 fully saturated rings. The Kier molecular flexibility index (Phi) is 3.35. The Morgan fingerprint density at radius 1 is 0.944 bits per heavy atom. The second-order valence-electron chi connectivity index (χ2n) is 4.03. The van der Waals surface area contributed by atoms with Crippen LogP contribution in [0.3, 0.4) is 0 Å². The summed E-state index contributed by atoms with van der Waals surface area (Å²) in [5, 5.41) is 0.317. The third kappa shape index (κ3) is 2.51. The molecule has 0 N–H and O–H groups in total. The van der Waals surface area contributed by atoms with E-state index < -0.39 is 11.7 Å². The maximum atomic E-state index is 12.9. The minimum atomic E-state index is -4.39. The van der Waals surface area contributed by atoms with Crippen molar-refractivity contribution in [2.75, 3.05) is 0 Å². The van der Waals surface area contributed by atoms with Gasteiger partial charge in [-0.15, -0.1) is 0 Å². The van der Waals surface area contributed by atoms with E-state index >= 15 is 0 Å². The molecule has 0 spiro atoms. The summed E-state index contributed by atoms with van der Waals surface area (Å²) >= 11 is 5.99. The zero-order chi connectivity index (χ0) is 13.3. The molecule has 0 radical (unpaired) electrons. The first-order valence-corrected chi connectivity index (χ1v) is 5.70. The minimum absolute atomic E-state index is 0.110. The smallest absolute Gasteiger partial charge is 0.166 e. The number of aryl methyl sites for hydroxylation is 1. The van der Waals surface area contributed by atoms with Crippen molar-refractivity contribution >= 4 is 11.6 Å². The van der Waals surface area contributed by atoms with Crippen LogP contribution in [0.25, 0.3) is 11.1 Å². The van der Waals surface area contributed by atoms with Crippen LogP contribution in [0.4, 0.5) is 13.2 Å². The predicted octanol–water partition coefficient (Wildman–Crippen LogP) is 5.33. The van der Waals surface area contributed by atoms with Gasteiger partial charge < -0.3 is 0 Å². The Balaban J connectivity index is 2.68. The van der Waals surface area contributed by atoms with Crippen molar-refractivity contribution in [3.05, 3.63) is 58.6 Å². The highest BCUT2D eigenvalue weighted by atomic mass is 35.5. The van der Waals surface area contributed by atoms with Crippen molar-refractivity contribution in [3.63, 3.8) is 0 Å². The molecule has 0 nitrogen and oxygen atoms in total. The van der Waals surface area contributed by atoms with Crippen molar-refractivity contribution < 1.29 is 13.2 Å². The van der Waals surface area contributed by atoms with Gasteiger partial charge in [0.25, 0.3) is 0 Å². The lowest BCUT2D eigenvalue weighted by Crippen LogP contribution is -2.07. The average molecular weight is 271 g/mol. The maximum absolute atomic E-state index is 12.9. The van der Waals surface area contributed by atoms with E-state index in [1.54, 1.807) is 24.3 Å². The third-order valence-electron chi connectivity index (χ3n) is 2.64. The predicted molar refractivity (Wildman–Crippen MR) is 66.6 cm³/mol. The van der Waals surface area contributed by atoms with Gasteiger partial charge in [0, 0.05) is 10.6 Å². The van der Waals surface area contributed by atoms with Crippen LogP contribution in [-0.2, 0) is 6.18 Å². The molecule has 2 aromatic rings. The Morgan fingerprint density at radius 3 is 2.28 bits per heavy atom. The lowest BCUT2D eigenvalue weighted by molar-refractivity contribution is -0.137. The molecule has 0 aliphatic rings. The number of benzene rings is 2. The normalized spacial score (nSPS) is 11.6. The molecule has 0 saturated heterocycles. The molecule has 0 unspecified atom stereocenters. The van der Waals surface area contributed by atoms with Gasteiger partial charge in [0.15, 0.2) is 0 Å². The first-order chi connectivity index (χ1) is 8.39. The van der Waals surface area contributed by atoms with Gasteiger partial charge in [-0.2, -0.15) is 13.2 Å². The van der Waals surface area contributed by atoms with Gasteiger partial charge in [-0.3, -0.25) is 0 Å². The number of alkyl halides is 3. The minimum Gasteiger partial charge on any atom is -0.166 e. The highest BCUT2D eigenvalue weighted by molar-refractivity contribution is 6.33. The zero-order valence-electron chi connectivity index (χ0n) is 9.55. The van der Waals surface area contributed by atoms with E-state index in [1.165, 1.54) is 12.1 Å². The fraction of sp³-hybridized carbons (Fsp3) is 0.143. The van der Waals surface area contributed by atoms with Gasteiger partial charge >= 0.3 is 6.18 Å². The monoisotopic (exact) mass is 270 g/mol. The number of halogens is 4. The van der Waals surface area contributed by atoms with E-state index in [0.29, 0.717) is 10.6 Å². The molecular weight excluding hydrogens is 261 g/mol. The summed E-state index contributed by atoms with van der Waals surface area (Å²) in [6.07, 6.45) is -4.39. The fourth-order valence-corrected chi connectivity index (χ4v) is 2.03. The van der Waals surface area contributed by atoms with Gasteiger partial charge in [0.1, 0.15) is 0 Å². The van der Waals surface area contributed by atoms with Crippen LogP contribution >= 0.6 is 11.6 Å². The van der Waals surface area contributed by atoms with E-state index in [1.807, 2.05) is 6.92 Å². The molecule has 94 valence electrons. The quantitative estimate of drug-likeness (QED) is 0.657. The number of rotatable bonds is 1. The summed E-state index contributed by atoms with van der Waals surface area (Å²) in [7, 11) is 0. The Hall–Kier alpha value is -1.48. The average Bonchev–Trinajstić information content (AvgIpc) is 2.31. The molecule has 0 aromatic heterocycles. The second-order valence-corrected chi connectivity index (χ2v) is 4.43. The molecular formula is C14H10ClF3. The van der Waals surface area contributed by atoms with Crippen LogP contribution in [0.5, 0.6) is 0 Å². The first kappa shape index (κ1) is 13.0. The molecule has 0 aliphatic carbocycles. The van der Waals surface area contributed by atoms with Crippen molar-refractivity contribution in [2.45, 2.75) is 13.1 Å². The third-order valence-corrected chi connectivity index (χ3v) is 2.97. The molecule has 2 aromatic carbocycles. The Morgan fingerprint density at radius 2 is 1.61 bits per heavy atom. The molecule has 0 saturated carbocycles. The standard InChI is InChI=1S/C14H10ClF3/c1-9-6-7-13(15)11(8-9)10-4-2-3-5-12(10)14(16,17)18/h2-8H,1H3. The van der Waals surface area contributed by atoms with Crippen molar-refractivity contribution in [3.8, 4) is 11.1 Å². The molecule has 2 rings (SSSR count). The molecule has 4 heteroatoms. The van der Waals surface area contributed by atoms with Crippen molar-refractivity contribution in [1.29, 1.82) is 0 Å². The number of hydrogen-bond acceptors (Lipinski definition) is 0. The van der Waals surface area contributed by atoms with Crippen LogP contribution in [0.1, 0.15) is 11.1 Å². The summed E-state index contributed by atoms with van der Waals surface area (Å²) in [5.74, 6) is 0. The maximum Gasteiger partial charge on any atom is 0.417 e. The largest absolute Gasteiger partial charge is 0.417 e. The van der Waals surface area contributed by atoms with Gasteiger partial charge in [-0.25, -0.2) is 0 Å². The summed E-state index contributed by atoms with van der Waals surface area (Å²) in [4.78, 5) is 0. The van der Waals surface area contributed by atoms with Gasteiger partial charge in [0.05, 0.1) is 5.56 Å². The highest BCUT2D eigenvalue weighted by Crippen LogP contribution is 2.39.